The van der Waals surface area contributed by atoms with Crippen molar-refractivity contribution in [2.24, 2.45) is 0 Å². The number of nitrogens with one attached hydrogen (secondary N) is 1. The van der Waals surface area contributed by atoms with Gasteiger partial charge in [-0.25, -0.2) is 0 Å². The van der Waals surface area contributed by atoms with Crippen molar-refractivity contribution in [3.63, 3.8) is 0 Å². The summed E-state index contributed by atoms with van der Waals surface area (Å²) in [6.07, 6.45) is 1.15. The molecule has 0 aromatic heterocycles. The Morgan fingerprint density at radius 1 is 1.33 bits per heavy atom. The highest BCUT2D eigenvalue weighted by molar-refractivity contribution is 4.77. The van der Waals surface area contributed by atoms with E-state index in [-0.39, 0.29) is 6.10 Å². The molecule has 0 spiro atoms. The molecule has 0 heterocycles. The van der Waals surface area contributed by atoms with Crippen LogP contribution in [-0.2, 0) is 0 Å². The lowest BCUT2D eigenvalue weighted by molar-refractivity contribution is 0.0300. The van der Waals surface area contributed by atoms with E-state index in [0.29, 0.717) is 13.1 Å². The van der Waals surface area contributed by atoms with Gasteiger partial charge in [0.25, 0.3) is 0 Å². The topological polar surface area (TPSA) is 52.5 Å². The third kappa shape index (κ3) is 4.70. The van der Waals surface area contributed by atoms with Crippen LogP contribution in [-0.4, -0.2) is 35.0 Å². The summed E-state index contributed by atoms with van der Waals surface area (Å²) in [6.45, 7) is 6.76. The van der Waals surface area contributed by atoms with Gasteiger partial charge in [0.1, 0.15) is 0 Å². The van der Waals surface area contributed by atoms with Crippen LogP contribution < -0.4 is 5.32 Å². The second-order valence-corrected chi connectivity index (χ2v) is 3.41. The normalized spacial score (nSPS) is 14.8. The van der Waals surface area contributed by atoms with E-state index in [0.717, 1.165) is 12.8 Å². The fourth-order valence-electron chi connectivity index (χ4n) is 1.01. The molecule has 3 N–H and O–H groups in total. The molecule has 0 aliphatic rings. The van der Waals surface area contributed by atoms with E-state index in [1.54, 1.807) is 6.92 Å². The Hall–Kier alpha value is -0.120. The van der Waals surface area contributed by atoms with Gasteiger partial charge >= 0.3 is 0 Å². The van der Waals surface area contributed by atoms with Crippen molar-refractivity contribution < 1.29 is 10.2 Å². The first-order valence-corrected chi connectivity index (χ1v) is 4.65. The SMILES string of the molecule is CCC(O)(CC)CNC[C@@H](C)O. The Balaban J connectivity index is 3.58. The minimum absolute atomic E-state index is 0.344. The van der Waals surface area contributed by atoms with Crippen LogP contribution in [0.5, 0.6) is 0 Å². The molecule has 0 fully saturated rings. The van der Waals surface area contributed by atoms with Crippen LogP contribution >= 0.6 is 0 Å². The van der Waals surface area contributed by atoms with Gasteiger partial charge in [0.15, 0.2) is 0 Å². The van der Waals surface area contributed by atoms with E-state index in [4.69, 9.17) is 5.11 Å². The fraction of sp³-hybridized carbons (Fsp3) is 1.00. The van der Waals surface area contributed by atoms with Crippen molar-refractivity contribution in [2.75, 3.05) is 13.1 Å². The largest absolute Gasteiger partial charge is 0.392 e. The van der Waals surface area contributed by atoms with E-state index in [9.17, 15) is 5.11 Å². The molecule has 1 atom stereocenters. The van der Waals surface area contributed by atoms with E-state index >= 15 is 0 Å². The molecule has 0 aromatic rings. The Morgan fingerprint density at radius 3 is 2.17 bits per heavy atom. The quantitative estimate of drug-likeness (QED) is 0.551. The molecule has 0 saturated heterocycles. The molecule has 0 bridgehead atoms. The van der Waals surface area contributed by atoms with Gasteiger partial charge in [0.2, 0.25) is 0 Å². The van der Waals surface area contributed by atoms with E-state index < -0.39 is 5.60 Å². The molecule has 0 aromatic carbocycles. The summed E-state index contributed by atoms with van der Waals surface area (Å²) < 4.78 is 0. The Labute approximate surface area is 74.8 Å². The maximum Gasteiger partial charge on any atom is 0.0766 e. The van der Waals surface area contributed by atoms with Crippen LogP contribution in [0.2, 0.25) is 0 Å². The van der Waals surface area contributed by atoms with Crippen LogP contribution in [0.25, 0.3) is 0 Å². The van der Waals surface area contributed by atoms with Crippen molar-refractivity contribution >= 4 is 0 Å². The lowest BCUT2D eigenvalue weighted by Crippen LogP contribution is -2.41. The van der Waals surface area contributed by atoms with Crippen molar-refractivity contribution in [1.82, 2.24) is 5.32 Å². The predicted octanol–water partition coefficient (Wildman–Crippen LogP) is 0.508. The smallest absolute Gasteiger partial charge is 0.0766 e. The molecule has 0 unspecified atom stereocenters. The first-order valence-electron chi connectivity index (χ1n) is 4.65. The fourth-order valence-corrected chi connectivity index (χ4v) is 1.01. The zero-order valence-electron chi connectivity index (χ0n) is 8.30. The van der Waals surface area contributed by atoms with Crippen LogP contribution in [0.3, 0.4) is 0 Å². The van der Waals surface area contributed by atoms with E-state index in [1.807, 2.05) is 13.8 Å². The maximum atomic E-state index is 9.80. The molecule has 0 aliphatic carbocycles. The number of aliphatic hydroxyl groups excluding tert-OH is 1. The Kier molecular flexibility index (Phi) is 5.46. The summed E-state index contributed by atoms with van der Waals surface area (Å²) in [5.41, 5.74) is -0.602. The predicted molar refractivity (Wildman–Crippen MR) is 50.1 cm³/mol. The highest BCUT2D eigenvalue weighted by Crippen LogP contribution is 2.12. The Morgan fingerprint density at radius 2 is 1.83 bits per heavy atom. The number of hydrogen-bond acceptors (Lipinski definition) is 3. The average Bonchev–Trinajstić information content (AvgIpc) is 2.03. The van der Waals surface area contributed by atoms with E-state index in [1.165, 1.54) is 0 Å². The van der Waals surface area contributed by atoms with Crippen LogP contribution in [0, 0.1) is 0 Å². The van der Waals surface area contributed by atoms with Gasteiger partial charge in [0, 0.05) is 13.1 Å². The zero-order valence-corrected chi connectivity index (χ0v) is 8.30. The molecule has 0 rings (SSSR count). The second-order valence-electron chi connectivity index (χ2n) is 3.41. The molecular formula is C9H21NO2. The van der Waals surface area contributed by atoms with Crippen LogP contribution in [0.15, 0.2) is 0 Å². The van der Waals surface area contributed by atoms with Crippen LogP contribution in [0.1, 0.15) is 33.6 Å². The number of rotatable bonds is 6. The minimum atomic E-state index is -0.602. The molecule has 0 amide bonds. The molecule has 3 nitrogen and oxygen atoms in total. The molecule has 0 saturated carbocycles. The average molecular weight is 175 g/mol. The Bertz CT molecular complexity index is 111. The third-order valence-electron chi connectivity index (χ3n) is 2.21. The second kappa shape index (κ2) is 5.51. The van der Waals surface area contributed by atoms with Gasteiger partial charge in [-0.1, -0.05) is 13.8 Å². The monoisotopic (exact) mass is 175 g/mol. The summed E-state index contributed by atoms with van der Waals surface area (Å²) in [7, 11) is 0. The standard InChI is InChI=1S/C9H21NO2/c1-4-9(12,5-2)7-10-6-8(3)11/h8,10-12H,4-7H2,1-3H3/t8-/m1/s1. The molecule has 0 aliphatic heterocycles. The summed E-state index contributed by atoms with van der Waals surface area (Å²) in [4.78, 5) is 0. The molecular weight excluding hydrogens is 154 g/mol. The number of hydrogen-bond donors (Lipinski definition) is 3. The van der Waals surface area contributed by atoms with Crippen LogP contribution in [0.4, 0.5) is 0 Å². The zero-order chi connectivity index (χ0) is 9.61. The highest BCUT2D eigenvalue weighted by Gasteiger charge is 2.21. The summed E-state index contributed by atoms with van der Waals surface area (Å²) in [5, 5.41) is 21.8. The van der Waals surface area contributed by atoms with Gasteiger partial charge in [-0.3, -0.25) is 0 Å². The molecule has 12 heavy (non-hydrogen) atoms. The lowest BCUT2D eigenvalue weighted by Gasteiger charge is -2.25. The summed E-state index contributed by atoms with van der Waals surface area (Å²) in [6, 6.07) is 0. The summed E-state index contributed by atoms with van der Waals surface area (Å²) >= 11 is 0. The molecule has 0 radical (unpaired) electrons. The van der Waals surface area contributed by atoms with Gasteiger partial charge in [-0.15, -0.1) is 0 Å². The highest BCUT2D eigenvalue weighted by atomic mass is 16.3. The van der Waals surface area contributed by atoms with Crippen molar-refractivity contribution in [3.05, 3.63) is 0 Å². The third-order valence-corrected chi connectivity index (χ3v) is 2.21. The van der Waals surface area contributed by atoms with Crippen molar-refractivity contribution in [2.45, 2.75) is 45.3 Å². The summed E-state index contributed by atoms with van der Waals surface area (Å²) in [5.74, 6) is 0. The van der Waals surface area contributed by atoms with E-state index in [2.05, 4.69) is 5.32 Å². The minimum Gasteiger partial charge on any atom is -0.392 e. The molecule has 74 valence electrons. The maximum absolute atomic E-state index is 9.80. The van der Waals surface area contributed by atoms with Crippen molar-refractivity contribution in [3.8, 4) is 0 Å². The van der Waals surface area contributed by atoms with Gasteiger partial charge in [-0.2, -0.15) is 0 Å². The van der Waals surface area contributed by atoms with Gasteiger partial charge < -0.3 is 15.5 Å². The number of aliphatic hydroxyl groups is 2. The first kappa shape index (κ1) is 11.9. The van der Waals surface area contributed by atoms with Gasteiger partial charge in [0.05, 0.1) is 11.7 Å². The van der Waals surface area contributed by atoms with Crippen molar-refractivity contribution in [1.29, 1.82) is 0 Å². The molecule has 3 heteroatoms. The van der Waals surface area contributed by atoms with Gasteiger partial charge in [-0.05, 0) is 19.8 Å². The lowest BCUT2D eigenvalue weighted by atomic mass is 9.98. The first-order chi connectivity index (χ1) is 5.54.